The molecule has 0 spiro atoms. The first-order chi connectivity index (χ1) is 11.0. The van der Waals surface area contributed by atoms with Crippen molar-refractivity contribution in [3.05, 3.63) is 46.0 Å². The minimum atomic E-state index is -0.328. The molecule has 0 aliphatic rings. The van der Waals surface area contributed by atoms with Gasteiger partial charge in [-0.15, -0.1) is 11.3 Å². The first-order valence-electron chi connectivity index (χ1n) is 6.65. The zero-order valence-corrected chi connectivity index (χ0v) is 15.1. The summed E-state index contributed by atoms with van der Waals surface area (Å²) in [5.74, 6) is -0.143. The molecule has 0 radical (unpaired) electrons. The second-order valence-electron chi connectivity index (χ2n) is 4.73. The highest BCUT2D eigenvalue weighted by atomic mass is 35.5. The average Bonchev–Trinajstić information content (AvgIpc) is 2.95. The number of carbonyl (C=O) groups excluding carboxylic acids is 1. The minimum Gasteiger partial charge on any atom is -0.325 e. The second-order valence-corrected chi connectivity index (χ2v) is 7.82. The van der Waals surface area contributed by atoms with Gasteiger partial charge in [0.25, 0.3) is 0 Å². The molecule has 3 rings (SSSR count). The fourth-order valence-electron chi connectivity index (χ4n) is 1.95. The molecular weight excluding hydrogens is 373 g/mol. The van der Waals surface area contributed by atoms with E-state index in [1.54, 1.807) is 29.5 Å². The third-order valence-corrected chi connectivity index (χ3v) is 5.39. The quantitative estimate of drug-likeness (QED) is 0.501. The van der Waals surface area contributed by atoms with Gasteiger partial charge in [0.1, 0.15) is 16.2 Å². The van der Waals surface area contributed by atoms with Crippen molar-refractivity contribution in [1.82, 2.24) is 9.97 Å². The number of aromatic nitrogens is 2. The van der Waals surface area contributed by atoms with Crippen molar-refractivity contribution in [2.75, 3.05) is 5.32 Å². The average molecular weight is 384 g/mol. The van der Waals surface area contributed by atoms with Gasteiger partial charge in [0, 0.05) is 21.1 Å². The summed E-state index contributed by atoms with van der Waals surface area (Å²) in [6.45, 7) is 1.83. The van der Waals surface area contributed by atoms with E-state index >= 15 is 0 Å². The Balaban J connectivity index is 1.73. The van der Waals surface area contributed by atoms with E-state index in [-0.39, 0.29) is 11.2 Å². The van der Waals surface area contributed by atoms with Crippen LogP contribution in [0.1, 0.15) is 6.92 Å². The van der Waals surface area contributed by atoms with Gasteiger partial charge in [-0.3, -0.25) is 4.79 Å². The number of nitrogens with one attached hydrogen (secondary N) is 1. The van der Waals surface area contributed by atoms with Gasteiger partial charge < -0.3 is 5.32 Å². The number of carbonyl (C=O) groups is 1. The number of hydrogen-bond donors (Lipinski definition) is 1. The summed E-state index contributed by atoms with van der Waals surface area (Å²) in [6, 6.07) is 6.89. The van der Waals surface area contributed by atoms with Crippen LogP contribution in [-0.2, 0) is 4.79 Å². The van der Waals surface area contributed by atoms with Crippen molar-refractivity contribution in [3.8, 4) is 0 Å². The molecule has 0 aliphatic heterocycles. The molecule has 0 saturated carbocycles. The minimum absolute atomic E-state index is 0.143. The Morgan fingerprint density at radius 3 is 2.74 bits per heavy atom. The number of anilines is 1. The number of thioether (sulfide) groups is 1. The van der Waals surface area contributed by atoms with Gasteiger partial charge >= 0.3 is 0 Å². The molecular formula is C15H11Cl2N3OS2. The third kappa shape index (κ3) is 3.95. The Labute approximate surface area is 151 Å². The van der Waals surface area contributed by atoms with Gasteiger partial charge in [0.05, 0.1) is 5.25 Å². The second kappa shape index (κ2) is 7.05. The Bertz CT molecular complexity index is 849. The largest absolute Gasteiger partial charge is 0.325 e. The molecule has 3 aromatic rings. The molecule has 1 amide bonds. The lowest BCUT2D eigenvalue weighted by molar-refractivity contribution is -0.115. The molecule has 118 valence electrons. The van der Waals surface area contributed by atoms with E-state index in [1.165, 1.54) is 18.1 Å². The monoisotopic (exact) mass is 383 g/mol. The maximum atomic E-state index is 12.4. The standard InChI is InChI=1S/C15H11Cl2N3OS2/c1-8(13(21)20-11-5-9(16)4-10(17)6-11)23-15-12-2-3-22-14(12)18-7-19-15/h2-8H,1H3,(H,20,21)/t8-/m1/s1. The molecule has 1 atom stereocenters. The van der Waals surface area contributed by atoms with Crippen LogP contribution in [0.5, 0.6) is 0 Å². The van der Waals surface area contributed by atoms with Crippen molar-refractivity contribution < 1.29 is 4.79 Å². The summed E-state index contributed by atoms with van der Waals surface area (Å²) in [4.78, 5) is 21.7. The van der Waals surface area contributed by atoms with E-state index in [0.717, 1.165) is 15.2 Å². The van der Waals surface area contributed by atoms with Crippen LogP contribution < -0.4 is 5.32 Å². The van der Waals surface area contributed by atoms with Gasteiger partial charge in [-0.25, -0.2) is 9.97 Å². The van der Waals surface area contributed by atoms with Crippen LogP contribution in [0.2, 0.25) is 10.0 Å². The molecule has 0 saturated heterocycles. The molecule has 0 aliphatic carbocycles. The fourth-order valence-corrected chi connectivity index (χ4v) is 4.18. The number of amides is 1. The highest BCUT2D eigenvalue weighted by molar-refractivity contribution is 8.00. The molecule has 4 nitrogen and oxygen atoms in total. The van der Waals surface area contributed by atoms with Crippen LogP contribution in [0, 0.1) is 0 Å². The Hall–Kier alpha value is -1.34. The molecule has 0 fully saturated rings. The predicted octanol–water partition coefficient (Wildman–Crippen LogP) is 5.12. The molecule has 2 heterocycles. The van der Waals surface area contributed by atoms with Gasteiger partial charge in [0.15, 0.2) is 0 Å². The Morgan fingerprint density at radius 2 is 2.00 bits per heavy atom. The third-order valence-electron chi connectivity index (χ3n) is 3.01. The first kappa shape index (κ1) is 16.5. The van der Waals surface area contributed by atoms with Crippen molar-refractivity contribution in [2.24, 2.45) is 0 Å². The van der Waals surface area contributed by atoms with E-state index in [0.29, 0.717) is 15.7 Å². The molecule has 0 unspecified atom stereocenters. The van der Waals surface area contributed by atoms with Gasteiger partial charge in [0.2, 0.25) is 5.91 Å². The fraction of sp³-hybridized carbons (Fsp3) is 0.133. The molecule has 1 aromatic carbocycles. The molecule has 2 aromatic heterocycles. The van der Waals surface area contributed by atoms with E-state index in [2.05, 4.69) is 15.3 Å². The normalized spacial score (nSPS) is 12.3. The van der Waals surface area contributed by atoms with Crippen molar-refractivity contribution in [1.29, 1.82) is 0 Å². The van der Waals surface area contributed by atoms with Crippen LogP contribution in [0.15, 0.2) is 41.0 Å². The molecule has 0 bridgehead atoms. The summed E-state index contributed by atoms with van der Waals surface area (Å²) in [7, 11) is 0. The summed E-state index contributed by atoms with van der Waals surface area (Å²) >= 11 is 14.8. The summed E-state index contributed by atoms with van der Waals surface area (Å²) in [5, 5.41) is 7.16. The predicted molar refractivity (Wildman–Crippen MR) is 97.8 cm³/mol. The van der Waals surface area contributed by atoms with Crippen LogP contribution in [0.3, 0.4) is 0 Å². The highest BCUT2D eigenvalue weighted by Crippen LogP contribution is 2.31. The summed E-state index contributed by atoms with van der Waals surface area (Å²) in [5.41, 5.74) is 0.573. The molecule has 1 N–H and O–H groups in total. The highest BCUT2D eigenvalue weighted by Gasteiger charge is 2.17. The van der Waals surface area contributed by atoms with Crippen LogP contribution in [0.25, 0.3) is 10.2 Å². The van der Waals surface area contributed by atoms with Crippen molar-refractivity contribution >= 4 is 68.1 Å². The van der Waals surface area contributed by atoms with Gasteiger partial charge in [-0.2, -0.15) is 0 Å². The topological polar surface area (TPSA) is 54.9 Å². The number of thiophene rings is 1. The SMILES string of the molecule is C[C@@H](Sc1ncnc2sccc12)C(=O)Nc1cc(Cl)cc(Cl)c1. The number of hydrogen-bond acceptors (Lipinski definition) is 5. The van der Waals surface area contributed by atoms with Crippen LogP contribution in [-0.4, -0.2) is 21.1 Å². The maximum Gasteiger partial charge on any atom is 0.237 e. The van der Waals surface area contributed by atoms with Crippen molar-refractivity contribution in [3.63, 3.8) is 0 Å². The smallest absolute Gasteiger partial charge is 0.237 e. The molecule has 23 heavy (non-hydrogen) atoms. The lowest BCUT2D eigenvalue weighted by Gasteiger charge is -2.12. The lowest BCUT2D eigenvalue weighted by Crippen LogP contribution is -2.22. The van der Waals surface area contributed by atoms with Crippen LogP contribution in [0.4, 0.5) is 5.69 Å². The van der Waals surface area contributed by atoms with Gasteiger partial charge in [-0.1, -0.05) is 35.0 Å². The number of rotatable bonds is 4. The van der Waals surface area contributed by atoms with E-state index in [9.17, 15) is 4.79 Å². The molecule has 8 heteroatoms. The number of fused-ring (bicyclic) bond motifs is 1. The van der Waals surface area contributed by atoms with Crippen LogP contribution >= 0.6 is 46.3 Å². The Morgan fingerprint density at radius 1 is 1.26 bits per heavy atom. The van der Waals surface area contributed by atoms with E-state index < -0.39 is 0 Å². The first-order valence-corrected chi connectivity index (χ1v) is 9.16. The Kier molecular flexibility index (Phi) is 5.06. The lowest BCUT2D eigenvalue weighted by atomic mass is 10.3. The maximum absolute atomic E-state index is 12.4. The zero-order chi connectivity index (χ0) is 16.4. The number of halogens is 2. The summed E-state index contributed by atoms with van der Waals surface area (Å²) < 4.78 is 0. The van der Waals surface area contributed by atoms with E-state index in [1.807, 2.05) is 18.4 Å². The van der Waals surface area contributed by atoms with E-state index in [4.69, 9.17) is 23.2 Å². The van der Waals surface area contributed by atoms with Crippen molar-refractivity contribution in [2.45, 2.75) is 17.2 Å². The number of nitrogens with zero attached hydrogens (tertiary/aromatic N) is 2. The zero-order valence-electron chi connectivity index (χ0n) is 11.9. The summed E-state index contributed by atoms with van der Waals surface area (Å²) in [6.07, 6.45) is 1.52. The van der Waals surface area contributed by atoms with Gasteiger partial charge in [-0.05, 0) is 36.6 Å². The number of benzene rings is 1.